The lowest BCUT2D eigenvalue weighted by molar-refractivity contribution is -0.384. The van der Waals surface area contributed by atoms with Crippen LogP contribution in [0.3, 0.4) is 0 Å². The van der Waals surface area contributed by atoms with Gasteiger partial charge in [-0.1, -0.05) is 18.2 Å². The molecule has 0 spiro atoms. The van der Waals surface area contributed by atoms with E-state index in [1.165, 1.54) is 18.3 Å². The maximum atomic E-state index is 13.3. The van der Waals surface area contributed by atoms with E-state index in [0.29, 0.717) is 0 Å². The van der Waals surface area contributed by atoms with Gasteiger partial charge in [-0.25, -0.2) is 9.37 Å². The van der Waals surface area contributed by atoms with Crippen molar-refractivity contribution in [2.24, 2.45) is 0 Å². The molecule has 27 heavy (non-hydrogen) atoms. The Morgan fingerprint density at radius 2 is 2.04 bits per heavy atom. The summed E-state index contributed by atoms with van der Waals surface area (Å²) in [5, 5.41) is 19.5. The normalized spacial score (nSPS) is 14.6. The van der Waals surface area contributed by atoms with Crippen molar-refractivity contribution in [3.05, 3.63) is 74.3 Å². The Labute approximate surface area is 158 Å². The lowest BCUT2D eigenvalue weighted by Gasteiger charge is -2.18. The smallest absolute Gasteiger partial charge is 0.329 e. The Morgan fingerprint density at radius 1 is 1.26 bits per heavy atom. The molecule has 0 unspecified atom stereocenters. The van der Waals surface area contributed by atoms with Gasteiger partial charge < -0.3 is 10.6 Å². The maximum Gasteiger partial charge on any atom is 0.329 e. The Hall–Kier alpha value is -3.07. The number of thiophene rings is 1. The van der Waals surface area contributed by atoms with Crippen molar-refractivity contribution in [2.75, 3.05) is 10.6 Å². The highest BCUT2D eigenvalue weighted by Crippen LogP contribution is 2.32. The summed E-state index contributed by atoms with van der Waals surface area (Å²) in [4.78, 5) is 20.2. The molecule has 2 aromatic heterocycles. The molecule has 0 amide bonds. The Kier molecular flexibility index (Phi) is 4.68. The zero-order valence-corrected chi connectivity index (χ0v) is 14.9. The van der Waals surface area contributed by atoms with E-state index >= 15 is 0 Å². The van der Waals surface area contributed by atoms with E-state index < -0.39 is 4.92 Å². The molecule has 4 rings (SSSR count). The second-order valence-corrected chi connectivity index (χ2v) is 7.23. The van der Waals surface area contributed by atoms with E-state index in [1.54, 1.807) is 23.5 Å². The number of rotatable bonds is 7. The van der Waals surface area contributed by atoms with Crippen LogP contribution >= 0.6 is 11.3 Å². The van der Waals surface area contributed by atoms with Gasteiger partial charge in [0.25, 0.3) is 0 Å². The average Bonchev–Trinajstić information content (AvgIpc) is 3.30. The fourth-order valence-corrected chi connectivity index (χ4v) is 3.47. The second kappa shape index (κ2) is 7.28. The molecule has 1 fully saturated rings. The summed E-state index contributed by atoms with van der Waals surface area (Å²) in [6.45, 7) is 0. The number of nitrogens with one attached hydrogen (secondary N) is 2. The van der Waals surface area contributed by atoms with Crippen LogP contribution in [0.4, 0.5) is 21.8 Å². The van der Waals surface area contributed by atoms with Gasteiger partial charge in [0.2, 0.25) is 11.8 Å². The number of aromatic nitrogens is 2. The first-order chi connectivity index (χ1) is 13.1. The molecule has 0 aliphatic heterocycles. The lowest BCUT2D eigenvalue weighted by Crippen LogP contribution is -2.15. The van der Waals surface area contributed by atoms with E-state index in [4.69, 9.17) is 0 Å². The zero-order chi connectivity index (χ0) is 18.8. The van der Waals surface area contributed by atoms with E-state index in [1.807, 2.05) is 17.5 Å². The number of hydrogen-bond acceptors (Lipinski definition) is 7. The SMILES string of the molecule is O=[N+]([O-])c1cnc(N[C@H](c2ccc(F)cc2)c2cccs2)nc1NC1CC1. The molecule has 7 nitrogen and oxygen atoms in total. The molecule has 1 aromatic carbocycles. The molecule has 138 valence electrons. The third kappa shape index (κ3) is 4.03. The van der Waals surface area contributed by atoms with E-state index in [9.17, 15) is 14.5 Å². The standard InChI is InChI=1S/C18H16FN5O2S/c19-12-5-3-11(4-6-12)16(15-2-1-9-27-15)22-18-20-10-14(24(25)26)17(23-18)21-13-7-8-13/h1-6,9-10,13,16H,7-8H2,(H2,20,21,22,23)/t16-/m1/s1. The van der Waals surface area contributed by atoms with Crippen LogP contribution in [0, 0.1) is 15.9 Å². The quantitative estimate of drug-likeness (QED) is 0.464. The minimum atomic E-state index is -0.495. The summed E-state index contributed by atoms with van der Waals surface area (Å²) in [5.41, 5.74) is 0.694. The monoisotopic (exact) mass is 385 g/mol. The molecular formula is C18H16FN5O2S. The second-order valence-electron chi connectivity index (χ2n) is 6.25. The highest BCUT2D eigenvalue weighted by atomic mass is 32.1. The molecule has 9 heteroatoms. The van der Waals surface area contributed by atoms with Crippen molar-refractivity contribution in [3.63, 3.8) is 0 Å². The highest BCUT2D eigenvalue weighted by molar-refractivity contribution is 7.10. The van der Waals surface area contributed by atoms with Crippen LogP contribution in [0.25, 0.3) is 0 Å². The number of nitrogens with zero attached hydrogens (tertiary/aromatic N) is 3. The first-order valence-corrected chi connectivity index (χ1v) is 9.31. The highest BCUT2D eigenvalue weighted by Gasteiger charge is 2.27. The summed E-state index contributed by atoms with van der Waals surface area (Å²) in [5.74, 6) is 0.168. The molecule has 0 radical (unpaired) electrons. The van der Waals surface area contributed by atoms with Crippen LogP contribution in [-0.4, -0.2) is 20.9 Å². The minimum absolute atomic E-state index is 0.151. The van der Waals surface area contributed by atoms with Crippen molar-refractivity contribution in [1.82, 2.24) is 9.97 Å². The summed E-state index contributed by atoms with van der Waals surface area (Å²) in [6.07, 6.45) is 3.14. The first kappa shape index (κ1) is 17.3. The summed E-state index contributed by atoms with van der Waals surface area (Å²) in [6, 6.07) is 10.00. The number of hydrogen-bond donors (Lipinski definition) is 2. The van der Waals surface area contributed by atoms with Gasteiger partial charge in [0, 0.05) is 10.9 Å². The molecule has 0 saturated heterocycles. The third-order valence-corrected chi connectivity index (χ3v) is 5.13. The van der Waals surface area contributed by atoms with Crippen molar-refractivity contribution in [3.8, 4) is 0 Å². The fourth-order valence-electron chi connectivity index (χ4n) is 2.66. The minimum Gasteiger partial charge on any atom is -0.361 e. The summed E-state index contributed by atoms with van der Waals surface area (Å²) in [7, 11) is 0. The molecule has 2 N–H and O–H groups in total. The summed E-state index contributed by atoms with van der Waals surface area (Å²) >= 11 is 1.55. The van der Waals surface area contributed by atoms with Gasteiger partial charge in [0.05, 0.1) is 11.0 Å². The summed E-state index contributed by atoms with van der Waals surface area (Å²) < 4.78 is 13.3. The van der Waals surface area contributed by atoms with Crippen LogP contribution in [0.5, 0.6) is 0 Å². The van der Waals surface area contributed by atoms with Gasteiger partial charge in [-0.15, -0.1) is 11.3 Å². The fraction of sp³-hybridized carbons (Fsp3) is 0.222. The molecule has 1 aliphatic carbocycles. The van der Waals surface area contributed by atoms with Crippen LogP contribution in [0.15, 0.2) is 48.0 Å². The number of benzene rings is 1. The predicted octanol–water partition coefficient (Wildman–Crippen LogP) is 4.36. The number of nitro groups is 1. The third-order valence-electron chi connectivity index (χ3n) is 4.19. The molecule has 1 atom stereocenters. The van der Waals surface area contributed by atoms with Crippen molar-refractivity contribution in [1.29, 1.82) is 0 Å². The van der Waals surface area contributed by atoms with Crippen LogP contribution in [0.2, 0.25) is 0 Å². The van der Waals surface area contributed by atoms with Gasteiger partial charge in [-0.05, 0) is 42.0 Å². The number of anilines is 2. The maximum absolute atomic E-state index is 13.3. The Bertz CT molecular complexity index is 945. The van der Waals surface area contributed by atoms with Crippen molar-refractivity contribution < 1.29 is 9.31 Å². The van der Waals surface area contributed by atoms with E-state index in [-0.39, 0.29) is 35.4 Å². The Morgan fingerprint density at radius 3 is 2.67 bits per heavy atom. The van der Waals surface area contributed by atoms with Crippen LogP contribution in [-0.2, 0) is 0 Å². The lowest BCUT2D eigenvalue weighted by atomic mass is 10.1. The molecular weight excluding hydrogens is 369 g/mol. The Balaban J connectivity index is 1.66. The van der Waals surface area contributed by atoms with Crippen LogP contribution < -0.4 is 10.6 Å². The van der Waals surface area contributed by atoms with Gasteiger partial charge >= 0.3 is 5.69 Å². The van der Waals surface area contributed by atoms with Crippen molar-refractivity contribution >= 4 is 28.8 Å². The van der Waals surface area contributed by atoms with Crippen LogP contribution in [0.1, 0.15) is 29.3 Å². The van der Waals surface area contributed by atoms with Gasteiger partial charge in [-0.2, -0.15) is 4.98 Å². The van der Waals surface area contributed by atoms with E-state index in [2.05, 4.69) is 20.6 Å². The van der Waals surface area contributed by atoms with Crippen molar-refractivity contribution in [2.45, 2.75) is 24.9 Å². The first-order valence-electron chi connectivity index (χ1n) is 8.43. The average molecular weight is 385 g/mol. The molecule has 1 saturated carbocycles. The van der Waals surface area contributed by atoms with Gasteiger partial charge in [0.1, 0.15) is 12.0 Å². The zero-order valence-electron chi connectivity index (χ0n) is 14.1. The topological polar surface area (TPSA) is 93.0 Å². The molecule has 0 bridgehead atoms. The molecule has 2 heterocycles. The predicted molar refractivity (Wildman–Crippen MR) is 102 cm³/mol. The molecule has 3 aromatic rings. The number of halogens is 1. The van der Waals surface area contributed by atoms with E-state index in [0.717, 1.165) is 23.3 Å². The van der Waals surface area contributed by atoms with Gasteiger partial charge in [-0.3, -0.25) is 10.1 Å². The largest absolute Gasteiger partial charge is 0.361 e. The van der Waals surface area contributed by atoms with Gasteiger partial charge in [0.15, 0.2) is 0 Å². The molecule has 1 aliphatic rings.